The van der Waals surface area contributed by atoms with Gasteiger partial charge in [0, 0.05) is 0 Å². The maximum absolute atomic E-state index is 11.6. The lowest BCUT2D eigenvalue weighted by molar-refractivity contribution is -0.167. The maximum Gasteiger partial charge on any atom is 0.308 e. The van der Waals surface area contributed by atoms with Gasteiger partial charge in [-0.15, -0.1) is 0 Å². The van der Waals surface area contributed by atoms with Gasteiger partial charge < -0.3 is 4.74 Å². The average Bonchev–Trinajstić information content (AvgIpc) is 2.17. The van der Waals surface area contributed by atoms with E-state index in [1.807, 2.05) is 13.8 Å². The molecule has 0 aromatic rings. The molecule has 1 aliphatic carbocycles. The van der Waals surface area contributed by atoms with Gasteiger partial charge in [0.2, 0.25) is 0 Å². The highest BCUT2D eigenvalue weighted by Crippen LogP contribution is 2.37. The molecule has 0 aromatic heterocycles. The molecule has 0 amide bonds. The second-order valence-electron chi connectivity index (χ2n) is 6.14. The van der Waals surface area contributed by atoms with Gasteiger partial charge in [0.15, 0.2) is 0 Å². The van der Waals surface area contributed by atoms with E-state index in [1.165, 1.54) is 25.7 Å². The molecule has 0 aliphatic heterocycles. The van der Waals surface area contributed by atoms with Gasteiger partial charge in [0.05, 0.1) is 5.92 Å². The van der Waals surface area contributed by atoms with Crippen LogP contribution in [0.4, 0.5) is 0 Å². The van der Waals surface area contributed by atoms with E-state index in [-0.39, 0.29) is 17.5 Å². The Kier molecular flexibility index (Phi) is 4.40. The fourth-order valence-corrected chi connectivity index (χ4v) is 2.42. The number of carbonyl (C=O) groups excluding carboxylic acids is 1. The van der Waals surface area contributed by atoms with Crippen molar-refractivity contribution in [2.75, 3.05) is 0 Å². The van der Waals surface area contributed by atoms with Crippen LogP contribution in [0.25, 0.3) is 0 Å². The molecule has 1 aliphatic rings. The molecule has 0 N–H and O–H groups in total. The zero-order valence-corrected chi connectivity index (χ0v) is 11.4. The lowest BCUT2D eigenvalue weighted by Crippen LogP contribution is -2.39. The molecular formula is C14H26O2. The van der Waals surface area contributed by atoms with Crippen molar-refractivity contribution in [3.8, 4) is 0 Å². The minimum Gasteiger partial charge on any atom is -0.459 e. The number of hydrogen-bond donors (Lipinski definition) is 0. The van der Waals surface area contributed by atoms with E-state index in [0.717, 1.165) is 5.92 Å². The van der Waals surface area contributed by atoms with E-state index < -0.39 is 0 Å². The predicted molar refractivity (Wildman–Crippen MR) is 66.1 cm³/mol. The molecule has 0 bridgehead atoms. The van der Waals surface area contributed by atoms with Gasteiger partial charge in [0.25, 0.3) is 0 Å². The molecule has 1 rings (SSSR count). The summed E-state index contributed by atoms with van der Waals surface area (Å²) in [6, 6.07) is 0. The second-order valence-corrected chi connectivity index (χ2v) is 6.14. The Morgan fingerprint density at radius 1 is 1.19 bits per heavy atom. The van der Waals surface area contributed by atoms with E-state index in [4.69, 9.17) is 4.74 Å². The summed E-state index contributed by atoms with van der Waals surface area (Å²) >= 11 is 0. The van der Waals surface area contributed by atoms with Crippen LogP contribution in [0.1, 0.15) is 60.3 Å². The summed E-state index contributed by atoms with van der Waals surface area (Å²) in [6.07, 6.45) is 4.93. The highest BCUT2D eigenvalue weighted by Gasteiger charge is 2.35. The van der Waals surface area contributed by atoms with Crippen molar-refractivity contribution in [1.29, 1.82) is 0 Å². The van der Waals surface area contributed by atoms with Crippen LogP contribution in [0.5, 0.6) is 0 Å². The Morgan fingerprint density at radius 2 is 1.69 bits per heavy atom. The topological polar surface area (TPSA) is 26.3 Å². The molecule has 0 unspecified atom stereocenters. The molecule has 2 heteroatoms. The second kappa shape index (κ2) is 5.20. The van der Waals surface area contributed by atoms with Gasteiger partial charge in [-0.2, -0.15) is 0 Å². The molecule has 0 atom stereocenters. The lowest BCUT2D eigenvalue weighted by Gasteiger charge is -2.38. The van der Waals surface area contributed by atoms with E-state index >= 15 is 0 Å². The largest absolute Gasteiger partial charge is 0.459 e. The average molecular weight is 226 g/mol. The number of carbonyl (C=O) groups is 1. The molecule has 1 fully saturated rings. The Labute approximate surface area is 99.8 Å². The van der Waals surface area contributed by atoms with E-state index in [1.54, 1.807) is 0 Å². The highest BCUT2D eigenvalue weighted by atomic mass is 16.6. The number of rotatable bonds is 3. The number of ether oxygens (including phenoxy) is 1. The maximum atomic E-state index is 11.6. The third-order valence-electron chi connectivity index (χ3n) is 3.83. The summed E-state index contributed by atoms with van der Waals surface area (Å²) < 4.78 is 5.64. The standard InChI is InChI=1S/C14H26O2/c1-10(2)13(15)16-14(4,5)12-8-6-11(3)7-9-12/h10-12H,6-9H2,1-5H3. The zero-order valence-electron chi connectivity index (χ0n) is 11.4. The molecule has 0 spiro atoms. The summed E-state index contributed by atoms with van der Waals surface area (Å²) in [5.74, 6) is 1.28. The van der Waals surface area contributed by atoms with Crippen LogP contribution in [0.15, 0.2) is 0 Å². The summed E-state index contributed by atoms with van der Waals surface area (Å²) in [5.41, 5.74) is -0.290. The summed E-state index contributed by atoms with van der Waals surface area (Å²) in [6.45, 7) is 10.2. The van der Waals surface area contributed by atoms with Crippen LogP contribution in [-0.2, 0) is 9.53 Å². The van der Waals surface area contributed by atoms with Crippen LogP contribution < -0.4 is 0 Å². The van der Waals surface area contributed by atoms with Crippen molar-refractivity contribution in [3.63, 3.8) is 0 Å². The third kappa shape index (κ3) is 3.50. The monoisotopic (exact) mass is 226 g/mol. The first-order valence-corrected chi connectivity index (χ1v) is 6.55. The molecule has 0 aromatic carbocycles. The van der Waals surface area contributed by atoms with E-state index in [0.29, 0.717) is 5.92 Å². The lowest BCUT2D eigenvalue weighted by atomic mass is 9.75. The molecule has 0 saturated heterocycles. The molecule has 94 valence electrons. The van der Waals surface area contributed by atoms with Gasteiger partial charge in [-0.25, -0.2) is 0 Å². The number of hydrogen-bond acceptors (Lipinski definition) is 2. The Balaban J connectivity index is 2.53. The first kappa shape index (κ1) is 13.5. The van der Waals surface area contributed by atoms with E-state index in [9.17, 15) is 4.79 Å². The first-order chi connectivity index (χ1) is 7.33. The van der Waals surface area contributed by atoms with Gasteiger partial charge in [0.1, 0.15) is 5.60 Å². The molecule has 0 radical (unpaired) electrons. The van der Waals surface area contributed by atoms with Crippen LogP contribution in [0.3, 0.4) is 0 Å². The molecular weight excluding hydrogens is 200 g/mol. The third-order valence-corrected chi connectivity index (χ3v) is 3.83. The summed E-state index contributed by atoms with van der Waals surface area (Å²) in [7, 11) is 0. The minimum absolute atomic E-state index is 0.0261. The normalized spacial score (nSPS) is 26.9. The fraction of sp³-hybridized carbons (Fsp3) is 0.929. The molecule has 0 heterocycles. The quantitative estimate of drug-likeness (QED) is 0.684. The summed E-state index contributed by atoms with van der Waals surface area (Å²) in [4.78, 5) is 11.6. The smallest absolute Gasteiger partial charge is 0.308 e. The van der Waals surface area contributed by atoms with Gasteiger partial charge >= 0.3 is 5.97 Å². The molecule has 16 heavy (non-hydrogen) atoms. The van der Waals surface area contributed by atoms with Gasteiger partial charge in [-0.05, 0) is 38.5 Å². The highest BCUT2D eigenvalue weighted by molar-refractivity contribution is 5.72. The first-order valence-electron chi connectivity index (χ1n) is 6.55. The van der Waals surface area contributed by atoms with Crippen LogP contribution in [-0.4, -0.2) is 11.6 Å². The minimum atomic E-state index is -0.290. The van der Waals surface area contributed by atoms with Crippen molar-refractivity contribution >= 4 is 5.97 Å². The Bertz CT molecular complexity index is 235. The van der Waals surface area contributed by atoms with Crippen molar-refractivity contribution in [3.05, 3.63) is 0 Å². The van der Waals surface area contributed by atoms with Crippen molar-refractivity contribution in [2.45, 2.75) is 65.9 Å². The van der Waals surface area contributed by atoms with Crippen LogP contribution >= 0.6 is 0 Å². The van der Waals surface area contributed by atoms with Crippen LogP contribution in [0.2, 0.25) is 0 Å². The summed E-state index contributed by atoms with van der Waals surface area (Å²) in [5, 5.41) is 0. The zero-order chi connectivity index (χ0) is 12.3. The van der Waals surface area contributed by atoms with Crippen molar-refractivity contribution < 1.29 is 9.53 Å². The van der Waals surface area contributed by atoms with Crippen LogP contribution in [0, 0.1) is 17.8 Å². The number of esters is 1. The van der Waals surface area contributed by atoms with E-state index in [2.05, 4.69) is 20.8 Å². The Morgan fingerprint density at radius 3 is 2.12 bits per heavy atom. The molecule has 2 nitrogen and oxygen atoms in total. The predicted octanol–water partition coefficient (Wildman–Crippen LogP) is 3.79. The molecule has 1 saturated carbocycles. The van der Waals surface area contributed by atoms with Crippen molar-refractivity contribution in [1.82, 2.24) is 0 Å². The van der Waals surface area contributed by atoms with Gasteiger partial charge in [-0.3, -0.25) is 4.79 Å². The SMILES string of the molecule is CC1CCC(C(C)(C)OC(=O)C(C)C)CC1. The van der Waals surface area contributed by atoms with Gasteiger partial charge in [-0.1, -0.05) is 33.6 Å². The van der Waals surface area contributed by atoms with Crippen molar-refractivity contribution in [2.24, 2.45) is 17.8 Å². The Hall–Kier alpha value is -0.530. The fourth-order valence-electron chi connectivity index (χ4n) is 2.42.